The van der Waals surface area contributed by atoms with Gasteiger partial charge in [-0.2, -0.15) is 0 Å². The number of hydrogen-bond donors (Lipinski definition) is 1. The van der Waals surface area contributed by atoms with Crippen molar-refractivity contribution < 1.29 is 18.3 Å². The van der Waals surface area contributed by atoms with Crippen molar-refractivity contribution >= 4 is 0 Å². The summed E-state index contributed by atoms with van der Waals surface area (Å²) < 4.78 is 38.6. The van der Waals surface area contributed by atoms with Gasteiger partial charge in [-0.1, -0.05) is 0 Å². The highest BCUT2D eigenvalue weighted by atomic mass is 19.1. The SMILES string of the molecule is NC(c1cc(F)ccc1F)C1CCOC2(CCOCC2)C1. The van der Waals surface area contributed by atoms with Crippen LogP contribution in [0.1, 0.15) is 37.3 Å². The summed E-state index contributed by atoms with van der Waals surface area (Å²) in [6.45, 7) is 2.00. The lowest BCUT2D eigenvalue weighted by atomic mass is 9.76. The second-order valence-electron chi connectivity index (χ2n) is 6.09. The van der Waals surface area contributed by atoms with Gasteiger partial charge in [0.1, 0.15) is 11.6 Å². The van der Waals surface area contributed by atoms with E-state index in [1.165, 1.54) is 6.07 Å². The van der Waals surface area contributed by atoms with Crippen LogP contribution in [0.15, 0.2) is 18.2 Å². The minimum absolute atomic E-state index is 0.105. The van der Waals surface area contributed by atoms with Crippen molar-refractivity contribution in [1.29, 1.82) is 0 Å². The molecule has 1 spiro atoms. The van der Waals surface area contributed by atoms with Crippen molar-refractivity contribution in [2.45, 2.75) is 37.3 Å². The Morgan fingerprint density at radius 1 is 1.19 bits per heavy atom. The molecule has 2 atom stereocenters. The van der Waals surface area contributed by atoms with Gasteiger partial charge >= 0.3 is 0 Å². The average Bonchev–Trinajstić information content (AvgIpc) is 2.50. The van der Waals surface area contributed by atoms with Crippen molar-refractivity contribution in [1.82, 2.24) is 0 Å². The minimum atomic E-state index is -0.496. The van der Waals surface area contributed by atoms with Crippen molar-refractivity contribution in [3.63, 3.8) is 0 Å². The van der Waals surface area contributed by atoms with E-state index in [4.69, 9.17) is 15.2 Å². The van der Waals surface area contributed by atoms with Gasteiger partial charge in [0.15, 0.2) is 0 Å². The van der Waals surface area contributed by atoms with E-state index in [0.29, 0.717) is 19.8 Å². The summed E-state index contributed by atoms with van der Waals surface area (Å²) in [7, 11) is 0. The normalized spacial score (nSPS) is 26.7. The van der Waals surface area contributed by atoms with Crippen LogP contribution < -0.4 is 5.73 Å². The molecular weight excluding hydrogens is 276 g/mol. The van der Waals surface area contributed by atoms with Gasteiger partial charge in [0.25, 0.3) is 0 Å². The van der Waals surface area contributed by atoms with Crippen LogP contribution in [0.2, 0.25) is 0 Å². The Labute approximate surface area is 123 Å². The Kier molecular flexibility index (Phi) is 4.24. The molecule has 5 heteroatoms. The largest absolute Gasteiger partial charge is 0.381 e. The molecule has 2 fully saturated rings. The summed E-state index contributed by atoms with van der Waals surface area (Å²) in [4.78, 5) is 0. The average molecular weight is 297 g/mol. The molecule has 0 saturated carbocycles. The van der Waals surface area contributed by atoms with E-state index < -0.39 is 17.7 Å². The first kappa shape index (κ1) is 14.9. The monoisotopic (exact) mass is 297 g/mol. The predicted octanol–water partition coefficient (Wildman–Crippen LogP) is 2.94. The Bertz CT molecular complexity index is 498. The Balaban J connectivity index is 1.77. The molecule has 0 bridgehead atoms. The summed E-state index contributed by atoms with van der Waals surface area (Å²) in [6.07, 6.45) is 3.26. The summed E-state index contributed by atoms with van der Waals surface area (Å²) in [6, 6.07) is 2.99. The number of ether oxygens (including phenoxy) is 2. The molecule has 116 valence electrons. The smallest absolute Gasteiger partial charge is 0.128 e. The molecule has 1 aromatic rings. The van der Waals surface area contributed by atoms with Crippen LogP contribution in [0.4, 0.5) is 8.78 Å². The van der Waals surface area contributed by atoms with Crippen LogP contribution >= 0.6 is 0 Å². The highest BCUT2D eigenvalue weighted by molar-refractivity contribution is 5.23. The van der Waals surface area contributed by atoms with Crippen molar-refractivity contribution in [3.05, 3.63) is 35.4 Å². The highest BCUT2D eigenvalue weighted by Crippen LogP contribution is 2.41. The standard InChI is InChI=1S/C16H21F2NO2/c17-12-1-2-14(18)13(9-12)15(19)11-3-6-21-16(10-11)4-7-20-8-5-16/h1-2,9,11,15H,3-8,10,19H2. The molecule has 2 aliphatic heterocycles. The second kappa shape index (κ2) is 5.99. The zero-order valence-corrected chi connectivity index (χ0v) is 12.0. The van der Waals surface area contributed by atoms with Crippen LogP contribution in [0.25, 0.3) is 0 Å². The molecule has 2 aliphatic rings. The molecule has 0 aliphatic carbocycles. The van der Waals surface area contributed by atoms with Gasteiger partial charge in [-0.3, -0.25) is 0 Å². The fourth-order valence-electron chi connectivity index (χ4n) is 3.49. The molecule has 0 aromatic heterocycles. The quantitative estimate of drug-likeness (QED) is 0.913. The van der Waals surface area contributed by atoms with E-state index in [0.717, 1.165) is 37.8 Å². The lowest BCUT2D eigenvalue weighted by Crippen LogP contribution is -2.46. The van der Waals surface area contributed by atoms with E-state index >= 15 is 0 Å². The maximum absolute atomic E-state index is 13.9. The molecule has 3 rings (SSSR count). The van der Waals surface area contributed by atoms with E-state index in [1.807, 2.05) is 0 Å². The summed E-state index contributed by atoms with van der Waals surface area (Å²) in [5.41, 5.74) is 6.31. The van der Waals surface area contributed by atoms with Gasteiger partial charge in [0.05, 0.1) is 5.60 Å². The third-order valence-electron chi connectivity index (χ3n) is 4.76. The van der Waals surface area contributed by atoms with Gasteiger partial charge in [-0.25, -0.2) is 8.78 Å². The fourth-order valence-corrected chi connectivity index (χ4v) is 3.49. The zero-order chi connectivity index (χ0) is 14.9. The molecular formula is C16H21F2NO2. The lowest BCUT2D eigenvalue weighted by Gasteiger charge is -2.44. The van der Waals surface area contributed by atoms with Gasteiger partial charge in [-0.05, 0) is 49.8 Å². The Morgan fingerprint density at radius 3 is 2.71 bits per heavy atom. The molecule has 2 N–H and O–H groups in total. The number of hydrogen-bond acceptors (Lipinski definition) is 3. The maximum Gasteiger partial charge on any atom is 0.128 e. The van der Waals surface area contributed by atoms with Crippen LogP contribution in [0.3, 0.4) is 0 Å². The number of benzene rings is 1. The number of halogens is 2. The summed E-state index contributed by atoms with van der Waals surface area (Å²) >= 11 is 0. The third kappa shape index (κ3) is 3.10. The molecule has 2 unspecified atom stereocenters. The van der Waals surface area contributed by atoms with Crippen LogP contribution in [-0.2, 0) is 9.47 Å². The molecule has 0 radical (unpaired) electrons. The van der Waals surface area contributed by atoms with Crippen molar-refractivity contribution in [2.75, 3.05) is 19.8 Å². The fraction of sp³-hybridized carbons (Fsp3) is 0.625. The van der Waals surface area contributed by atoms with Crippen LogP contribution in [-0.4, -0.2) is 25.4 Å². The van der Waals surface area contributed by atoms with Gasteiger partial charge in [-0.15, -0.1) is 0 Å². The minimum Gasteiger partial charge on any atom is -0.381 e. The van der Waals surface area contributed by atoms with Gasteiger partial charge < -0.3 is 15.2 Å². The highest BCUT2D eigenvalue weighted by Gasteiger charge is 2.41. The van der Waals surface area contributed by atoms with Crippen LogP contribution in [0, 0.1) is 17.6 Å². The third-order valence-corrected chi connectivity index (χ3v) is 4.76. The van der Waals surface area contributed by atoms with E-state index in [9.17, 15) is 8.78 Å². The van der Waals surface area contributed by atoms with Crippen molar-refractivity contribution in [2.24, 2.45) is 11.7 Å². The van der Waals surface area contributed by atoms with E-state index in [1.54, 1.807) is 0 Å². The Morgan fingerprint density at radius 2 is 1.95 bits per heavy atom. The summed E-state index contributed by atoms with van der Waals surface area (Å²) in [5, 5.41) is 0. The molecule has 2 heterocycles. The van der Waals surface area contributed by atoms with E-state index in [-0.39, 0.29) is 17.1 Å². The van der Waals surface area contributed by atoms with Crippen molar-refractivity contribution in [3.8, 4) is 0 Å². The first-order valence-electron chi connectivity index (χ1n) is 7.52. The topological polar surface area (TPSA) is 44.5 Å². The predicted molar refractivity (Wildman–Crippen MR) is 74.7 cm³/mol. The molecule has 1 aromatic carbocycles. The molecule has 2 saturated heterocycles. The zero-order valence-electron chi connectivity index (χ0n) is 12.0. The second-order valence-corrected chi connectivity index (χ2v) is 6.09. The number of nitrogens with two attached hydrogens (primary N) is 1. The van der Waals surface area contributed by atoms with Gasteiger partial charge in [0.2, 0.25) is 0 Å². The van der Waals surface area contributed by atoms with E-state index in [2.05, 4.69) is 0 Å². The lowest BCUT2D eigenvalue weighted by molar-refractivity contribution is -0.149. The molecule has 21 heavy (non-hydrogen) atoms. The maximum atomic E-state index is 13.9. The molecule has 0 amide bonds. The van der Waals surface area contributed by atoms with Crippen LogP contribution in [0.5, 0.6) is 0 Å². The first-order valence-corrected chi connectivity index (χ1v) is 7.52. The molecule has 3 nitrogen and oxygen atoms in total. The first-order chi connectivity index (χ1) is 10.1. The number of rotatable bonds is 2. The Hall–Kier alpha value is -1.04. The van der Waals surface area contributed by atoms with Gasteiger partial charge in [0, 0.05) is 31.4 Å². The summed E-state index contributed by atoms with van der Waals surface area (Å²) in [5.74, 6) is -0.778.